The number of hydrogen-bond acceptors (Lipinski definition) is 3. The van der Waals surface area contributed by atoms with Gasteiger partial charge in [-0.1, -0.05) is 0 Å². The largest absolute Gasteiger partial charge is 0.481 e. The molecule has 0 heterocycles. The third-order valence-corrected chi connectivity index (χ3v) is 1.81. The van der Waals surface area contributed by atoms with Crippen LogP contribution in [0, 0.1) is 5.82 Å². The van der Waals surface area contributed by atoms with Gasteiger partial charge in [0.15, 0.2) is 0 Å². The summed E-state index contributed by atoms with van der Waals surface area (Å²) in [6.45, 7) is 0. The minimum atomic E-state index is -1.13. The van der Waals surface area contributed by atoms with Gasteiger partial charge in [-0.05, 0) is 23.8 Å². The molecule has 0 radical (unpaired) electrons. The predicted octanol–water partition coefficient (Wildman–Crippen LogP) is 1.24. The minimum absolute atomic E-state index is 0.0706. The normalized spacial score (nSPS) is 9.73. The fourth-order valence-corrected chi connectivity index (χ4v) is 1.18. The lowest BCUT2D eigenvalue weighted by Gasteiger charge is -2.05. The van der Waals surface area contributed by atoms with Gasteiger partial charge < -0.3 is 9.84 Å². The van der Waals surface area contributed by atoms with Crippen LogP contribution in [0.1, 0.15) is 15.9 Å². The smallest absolute Gasteiger partial charge is 0.338 e. The quantitative estimate of drug-likeness (QED) is 0.765. The van der Waals surface area contributed by atoms with Crippen LogP contribution >= 0.6 is 0 Å². The van der Waals surface area contributed by atoms with E-state index in [4.69, 9.17) is 5.11 Å². The monoisotopic (exact) mass is 212 g/mol. The fraction of sp³-hybridized carbons (Fsp3) is 0.200. The lowest BCUT2D eigenvalue weighted by atomic mass is 10.0. The maximum absolute atomic E-state index is 12.8. The number of aliphatic carboxylic acids is 1. The molecule has 1 aromatic carbocycles. The van der Waals surface area contributed by atoms with Gasteiger partial charge in [-0.2, -0.15) is 0 Å². The van der Waals surface area contributed by atoms with Crippen molar-refractivity contribution in [2.75, 3.05) is 7.11 Å². The summed E-state index contributed by atoms with van der Waals surface area (Å²) in [5.41, 5.74) is 0.177. The Morgan fingerprint density at radius 3 is 2.67 bits per heavy atom. The molecule has 0 fully saturated rings. The average molecular weight is 212 g/mol. The molecule has 0 saturated heterocycles. The highest BCUT2D eigenvalue weighted by molar-refractivity contribution is 5.92. The van der Waals surface area contributed by atoms with Gasteiger partial charge in [0.05, 0.1) is 19.1 Å². The van der Waals surface area contributed by atoms with E-state index in [1.807, 2.05) is 0 Å². The first-order valence-electron chi connectivity index (χ1n) is 4.13. The van der Waals surface area contributed by atoms with Gasteiger partial charge in [-0.3, -0.25) is 4.79 Å². The van der Waals surface area contributed by atoms with Crippen molar-refractivity contribution in [1.82, 2.24) is 0 Å². The molecule has 0 saturated carbocycles. The number of hydrogen-bond donors (Lipinski definition) is 1. The molecule has 0 aliphatic heterocycles. The van der Waals surface area contributed by atoms with Crippen molar-refractivity contribution in [1.29, 1.82) is 0 Å². The molecule has 1 N–H and O–H groups in total. The Hall–Kier alpha value is -1.91. The van der Waals surface area contributed by atoms with Crippen molar-refractivity contribution in [3.05, 3.63) is 35.1 Å². The van der Waals surface area contributed by atoms with Crippen LogP contribution < -0.4 is 0 Å². The number of benzene rings is 1. The molecular weight excluding hydrogens is 203 g/mol. The molecular formula is C10H9FO4. The average Bonchev–Trinajstić information content (AvgIpc) is 2.16. The summed E-state index contributed by atoms with van der Waals surface area (Å²) in [5.74, 6) is -2.39. The van der Waals surface area contributed by atoms with Crippen LogP contribution in [0.3, 0.4) is 0 Å². The van der Waals surface area contributed by atoms with Crippen LogP contribution in [0.4, 0.5) is 4.39 Å². The summed E-state index contributed by atoms with van der Waals surface area (Å²) in [5, 5.41) is 8.56. The molecule has 4 nitrogen and oxygen atoms in total. The summed E-state index contributed by atoms with van der Waals surface area (Å²) in [4.78, 5) is 21.7. The van der Waals surface area contributed by atoms with E-state index in [1.165, 1.54) is 13.2 Å². The molecule has 0 spiro atoms. The molecule has 0 bridgehead atoms. The van der Waals surface area contributed by atoms with E-state index in [0.717, 1.165) is 12.1 Å². The molecule has 0 aliphatic carbocycles. The first-order valence-corrected chi connectivity index (χ1v) is 4.13. The number of carboxylic acid groups (broad SMARTS) is 1. The van der Waals surface area contributed by atoms with Crippen molar-refractivity contribution in [2.45, 2.75) is 6.42 Å². The van der Waals surface area contributed by atoms with E-state index < -0.39 is 24.2 Å². The van der Waals surface area contributed by atoms with E-state index in [0.29, 0.717) is 0 Å². The van der Waals surface area contributed by atoms with Crippen LogP contribution in [-0.4, -0.2) is 24.2 Å². The van der Waals surface area contributed by atoms with Crippen LogP contribution in [-0.2, 0) is 16.0 Å². The summed E-state index contributed by atoms with van der Waals surface area (Å²) >= 11 is 0. The van der Waals surface area contributed by atoms with Crippen LogP contribution in [0.25, 0.3) is 0 Å². The van der Waals surface area contributed by atoms with Crippen molar-refractivity contribution in [2.24, 2.45) is 0 Å². The summed E-state index contributed by atoms with van der Waals surface area (Å²) < 4.78 is 17.3. The number of ether oxygens (including phenoxy) is 1. The first kappa shape index (κ1) is 11.2. The Morgan fingerprint density at radius 1 is 1.47 bits per heavy atom. The lowest BCUT2D eigenvalue weighted by molar-refractivity contribution is -0.136. The van der Waals surface area contributed by atoms with E-state index in [-0.39, 0.29) is 11.1 Å². The number of esters is 1. The Morgan fingerprint density at radius 2 is 2.13 bits per heavy atom. The second-order valence-corrected chi connectivity index (χ2v) is 2.86. The zero-order valence-corrected chi connectivity index (χ0v) is 7.99. The molecule has 1 aromatic rings. The molecule has 1 rings (SSSR count). The maximum atomic E-state index is 12.8. The van der Waals surface area contributed by atoms with Crippen LogP contribution in [0.5, 0.6) is 0 Å². The highest BCUT2D eigenvalue weighted by Gasteiger charge is 2.14. The SMILES string of the molecule is COC(=O)c1ccc(F)cc1CC(=O)O. The van der Waals surface area contributed by atoms with Gasteiger partial charge in [-0.15, -0.1) is 0 Å². The third-order valence-electron chi connectivity index (χ3n) is 1.81. The Bertz CT molecular complexity index is 400. The van der Waals surface area contributed by atoms with E-state index >= 15 is 0 Å². The predicted molar refractivity (Wildman–Crippen MR) is 49.1 cm³/mol. The van der Waals surface area contributed by atoms with Gasteiger partial charge in [0.2, 0.25) is 0 Å². The number of carbonyl (C=O) groups is 2. The molecule has 80 valence electrons. The van der Waals surface area contributed by atoms with E-state index in [1.54, 1.807) is 0 Å². The van der Waals surface area contributed by atoms with E-state index in [9.17, 15) is 14.0 Å². The van der Waals surface area contributed by atoms with Crippen molar-refractivity contribution >= 4 is 11.9 Å². The fourth-order valence-electron chi connectivity index (χ4n) is 1.18. The van der Waals surface area contributed by atoms with Gasteiger partial charge in [0, 0.05) is 0 Å². The van der Waals surface area contributed by atoms with Crippen molar-refractivity contribution in [3.8, 4) is 0 Å². The molecule has 5 heteroatoms. The zero-order chi connectivity index (χ0) is 11.4. The second kappa shape index (κ2) is 4.54. The lowest BCUT2D eigenvalue weighted by Crippen LogP contribution is -2.10. The molecule has 0 aliphatic rings. The highest BCUT2D eigenvalue weighted by atomic mass is 19.1. The molecule has 0 aromatic heterocycles. The summed E-state index contributed by atoms with van der Waals surface area (Å²) in [7, 11) is 1.18. The second-order valence-electron chi connectivity index (χ2n) is 2.86. The number of methoxy groups -OCH3 is 1. The summed E-state index contributed by atoms with van der Waals surface area (Å²) in [6.07, 6.45) is -0.414. The Labute approximate surface area is 85.3 Å². The molecule has 0 unspecified atom stereocenters. The number of halogens is 1. The third kappa shape index (κ3) is 2.77. The van der Waals surface area contributed by atoms with Crippen molar-refractivity contribution < 1.29 is 23.8 Å². The van der Waals surface area contributed by atoms with Crippen LogP contribution in [0.2, 0.25) is 0 Å². The maximum Gasteiger partial charge on any atom is 0.338 e. The highest BCUT2D eigenvalue weighted by Crippen LogP contribution is 2.13. The molecule has 0 atom stereocenters. The molecule has 0 amide bonds. The molecule has 15 heavy (non-hydrogen) atoms. The zero-order valence-electron chi connectivity index (χ0n) is 7.99. The van der Waals surface area contributed by atoms with Gasteiger partial charge in [0.1, 0.15) is 5.82 Å². The number of rotatable bonds is 3. The van der Waals surface area contributed by atoms with Gasteiger partial charge in [0.25, 0.3) is 0 Å². The van der Waals surface area contributed by atoms with Gasteiger partial charge in [-0.25, -0.2) is 9.18 Å². The standard InChI is InChI=1S/C10H9FO4/c1-15-10(14)8-3-2-7(11)4-6(8)5-9(12)13/h2-4H,5H2,1H3,(H,12,13). The minimum Gasteiger partial charge on any atom is -0.481 e. The van der Waals surface area contributed by atoms with Crippen LogP contribution in [0.15, 0.2) is 18.2 Å². The summed E-state index contributed by atoms with van der Waals surface area (Å²) in [6, 6.07) is 3.30. The van der Waals surface area contributed by atoms with Crippen molar-refractivity contribution in [3.63, 3.8) is 0 Å². The topological polar surface area (TPSA) is 63.6 Å². The first-order chi connectivity index (χ1) is 7.04. The number of carbonyl (C=O) groups excluding carboxylic acids is 1. The van der Waals surface area contributed by atoms with Gasteiger partial charge >= 0.3 is 11.9 Å². The van der Waals surface area contributed by atoms with E-state index in [2.05, 4.69) is 4.74 Å². The Kier molecular flexibility index (Phi) is 3.38. The Balaban J connectivity index is 3.13. The number of carboxylic acids is 1.